The third kappa shape index (κ3) is 9.31. The van der Waals surface area contributed by atoms with Gasteiger partial charge in [-0.15, -0.1) is 0 Å². The van der Waals surface area contributed by atoms with Crippen molar-refractivity contribution in [1.29, 1.82) is 0 Å². The number of aliphatic hydroxyl groups is 2. The van der Waals surface area contributed by atoms with Gasteiger partial charge in [-0.05, 0) is 6.42 Å². The molecule has 1 unspecified atom stereocenters. The molecular formula is C11H26N2O5S. The van der Waals surface area contributed by atoms with Gasteiger partial charge < -0.3 is 15.9 Å². The molecule has 0 aromatic heterocycles. The molecule has 0 radical (unpaired) electrons. The zero-order valence-electron chi connectivity index (χ0n) is 11.5. The van der Waals surface area contributed by atoms with Gasteiger partial charge in [-0.25, -0.2) is 0 Å². The molecule has 0 aliphatic rings. The quantitative estimate of drug-likeness (QED) is 0.243. The highest BCUT2D eigenvalue weighted by molar-refractivity contribution is 7.86. The second kappa shape index (κ2) is 10.5. The summed E-state index contributed by atoms with van der Waals surface area (Å²) in [5.41, 5.74) is 5.75. The molecule has 116 valence electrons. The van der Waals surface area contributed by atoms with Crippen LogP contribution >= 0.6 is 0 Å². The number of nitrogens with two attached hydrogens (primary N) is 1. The van der Waals surface area contributed by atoms with E-state index in [1.165, 1.54) is 4.90 Å². The molecule has 0 aromatic carbocycles. The van der Waals surface area contributed by atoms with Gasteiger partial charge in [0.1, 0.15) is 5.75 Å². The van der Waals surface area contributed by atoms with Crippen LogP contribution in [0.25, 0.3) is 0 Å². The van der Waals surface area contributed by atoms with Gasteiger partial charge in [0.25, 0.3) is 10.1 Å². The van der Waals surface area contributed by atoms with Gasteiger partial charge in [0.05, 0.1) is 26.0 Å². The third-order valence-corrected chi connectivity index (χ3v) is 3.90. The van der Waals surface area contributed by atoms with E-state index in [1.54, 1.807) is 0 Å². The summed E-state index contributed by atoms with van der Waals surface area (Å²) in [4.78, 5) is 1.51. The Bertz CT molecular complexity index is 304. The molecule has 0 aliphatic heterocycles. The molecule has 7 nitrogen and oxygen atoms in total. The van der Waals surface area contributed by atoms with Gasteiger partial charge in [-0.3, -0.25) is 9.08 Å². The monoisotopic (exact) mass is 298 g/mol. The Morgan fingerprint density at radius 3 is 2.26 bits per heavy atom. The van der Waals surface area contributed by atoms with E-state index in [2.05, 4.69) is 0 Å². The summed E-state index contributed by atoms with van der Waals surface area (Å²) in [6.07, 6.45) is 1.81. The van der Waals surface area contributed by atoms with Crippen LogP contribution in [0.3, 0.4) is 0 Å². The van der Waals surface area contributed by atoms with E-state index < -0.39 is 16.3 Å². The Morgan fingerprint density at radius 2 is 1.79 bits per heavy atom. The molecule has 0 saturated heterocycles. The van der Waals surface area contributed by atoms with Gasteiger partial charge in [-0.2, -0.15) is 8.42 Å². The summed E-state index contributed by atoms with van der Waals surface area (Å²) >= 11 is 0. The molecule has 0 heterocycles. The molecule has 0 fully saturated rings. The fourth-order valence-electron chi connectivity index (χ4n) is 1.60. The Kier molecular flexibility index (Phi) is 10.4. The fourth-order valence-corrected chi connectivity index (χ4v) is 2.70. The summed E-state index contributed by atoms with van der Waals surface area (Å²) in [7, 11) is -3.67. The molecule has 4 N–H and O–H groups in total. The Balaban J connectivity index is 4.21. The summed E-state index contributed by atoms with van der Waals surface area (Å²) in [6, 6.07) is 0. The SMILES string of the molecule is CCCCCOS(=O)(=O)CC(N)N(CCO)CCO. The summed E-state index contributed by atoms with van der Waals surface area (Å²) in [5.74, 6) is -0.348. The highest BCUT2D eigenvalue weighted by atomic mass is 32.2. The molecule has 1 atom stereocenters. The van der Waals surface area contributed by atoms with E-state index in [1.807, 2.05) is 6.92 Å². The summed E-state index contributed by atoms with van der Waals surface area (Å²) in [6.45, 7) is 2.32. The minimum atomic E-state index is -3.67. The van der Waals surface area contributed by atoms with Crippen LogP contribution in [0.2, 0.25) is 0 Å². The lowest BCUT2D eigenvalue weighted by atomic mass is 10.3. The van der Waals surface area contributed by atoms with Crippen LogP contribution in [-0.2, 0) is 14.3 Å². The molecule has 0 rings (SSSR count). The zero-order chi connectivity index (χ0) is 14.7. The Hall–Kier alpha value is -0.250. The predicted octanol–water partition coefficient (Wildman–Crippen LogP) is -0.906. The lowest BCUT2D eigenvalue weighted by Crippen LogP contribution is -2.49. The van der Waals surface area contributed by atoms with Crippen molar-refractivity contribution < 1.29 is 22.8 Å². The van der Waals surface area contributed by atoms with Crippen LogP contribution in [-0.4, -0.2) is 68.4 Å². The smallest absolute Gasteiger partial charge is 0.270 e. The van der Waals surface area contributed by atoms with Gasteiger partial charge in [0, 0.05) is 13.1 Å². The van der Waals surface area contributed by atoms with E-state index in [9.17, 15) is 8.42 Å². The van der Waals surface area contributed by atoms with Crippen molar-refractivity contribution in [1.82, 2.24) is 4.90 Å². The highest BCUT2D eigenvalue weighted by Gasteiger charge is 2.21. The summed E-state index contributed by atoms with van der Waals surface area (Å²) < 4.78 is 28.2. The van der Waals surface area contributed by atoms with Crippen molar-refractivity contribution in [2.24, 2.45) is 5.73 Å². The van der Waals surface area contributed by atoms with Crippen molar-refractivity contribution in [3.05, 3.63) is 0 Å². The molecule has 8 heteroatoms. The van der Waals surface area contributed by atoms with Crippen molar-refractivity contribution in [3.8, 4) is 0 Å². The maximum absolute atomic E-state index is 11.7. The highest BCUT2D eigenvalue weighted by Crippen LogP contribution is 2.03. The number of unbranched alkanes of at least 4 members (excludes halogenated alkanes) is 2. The lowest BCUT2D eigenvalue weighted by Gasteiger charge is -2.26. The molecule has 0 aliphatic carbocycles. The minimum Gasteiger partial charge on any atom is -0.395 e. The number of aliphatic hydroxyl groups excluding tert-OH is 2. The average molecular weight is 298 g/mol. The van der Waals surface area contributed by atoms with Crippen LogP contribution in [0.5, 0.6) is 0 Å². The standard InChI is InChI=1S/C11H26N2O5S/c1-2-3-4-9-18-19(16,17)10-11(12)13(5-7-14)6-8-15/h11,14-15H,2-10,12H2,1H3. The lowest BCUT2D eigenvalue weighted by molar-refractivity contribution is 0.130. The van der Waals surface area contributed by atoms with Crippen molar-refractivity contribution in [3.63, 3.8) is 0 Å². The van der Waals surface area contributed by atoms with E-state index in [4.69, 9.17) is 20.1 Å². The van der Waals surface area contributed by atoms with E-state index in [0.717, 1.165) is 12.8 Å². The average Bonchev–Trinajstić information content (AvgIpc) is 2.34. The second-order valence-electron chi connectivity index (χ2n) is 4.30. The number of hydrogen-bond donors (Lipinski definition) is 3. The minimum absolute atomic E-state index is 0.148. The third-order valence-electron chi connectivity index (χ3n) is 2.63. The van der Waals surface area contributed by atoms with E-state index >= 15 is 0 Å². The fraction of sp³-hybridized carbons (Fsp3) is 1.00. The van der Waals surface area contributed by atoms with Gasteiger partial charge >= 0.3 is 0 Å². The van der Waals surface area contributed by atoms with Gasteiger partial charge in [0.15, 0.2) is 0 Å². The molecule has 0 saturated carbocycles. The largest absolute Gasteiger partial charge is 0.395 e. The number of rotatable bonds is 12. The molecule has 0 amide bonds. The first kappa shape index (κ1) is 18.8. The maximum Gasteiger partial charge on any atom is 0.270 e. The number of hydrogen-bond acceptors (Lipinski definition) is 7. The Labute approximate surface area is 115 Å². The second-order valence-corrected chi connectivity index (χ2v) is 5.99. The maximum atomic E-state index is 11.7. The number of nitrogens with zero attached hydrogens (tertiary/aromatic N) is 1. The van der Waals surface area contributed by atoms with Crippen LogP contribution in [0, 0.1) is 0 Å². The van der Waals surface area contributed by atoms with Gasteiger partial charge in [-0.1, -0.05) is 19.8 Å². The Morgan fingerprint density at radius 1 is 1.21 bits per heavy atom. The van der Waals surface area contributed by atoms with E-state index in [0.29, 0.717) is 6.42 Å². The first-order valence-electron chi connectivity index (χ1n) is 6.55. The molecule has 0 bridgehead atoms. The first-order valence-corrected chi connectivity index (χ1v) is 8.13. The molecular weight excluding hydrogens is 272 g/mol. The van der Waals surface area contributed by atoms with Crippen LogP contribution in [0.15, 0.2) is 0 Å². The van der Waals surface area contributed by atoms with Crippen molar-refractivity contribution in [2.45, 2.75) is 32.4 Å². The molecule has 0 spiro atoms. The topological polar surface area (TPSA) is 113 Å². The predicted molar refractivity (Wildman–Crippen MR) is 73.0 cm³/mol. The van der Waals surface area contributed by atoms with Crippen molar-refractivity contribution in [2.75, 3.05) is 38.7 Å². The normalized spacial score (nSPS) is 13.9. The molecule has 19 heavy (non-hydrogen) atoms. The van der Waals surface area contributed by atoms with Crippen LogP contribution in [0.4, 0.5) is 0 Å². The van der Waals surface area contributed by atoms with E-state index in [-0.39, 0.29) is 38.7 Å². The van der Waals surface area contributed by atoms with Gasteiger partial charge in [0.2, 0.25) is 0 Å². The first-order chi connectivity index (χ1) is 8.96. The zero-order valence-corrected chi connectivity index (χ0v) is 12.3. The van der Waals surface area contributed by atoms with Crippen LogP contribution < -0.4 is 5.73 Å². The molecule has 0 aromatic rings. The van der Waals surface area contributed by atoms with Crippen LogP contribution in [0.1, 0.15) is 26.2 Å². The van der Waals surface area contributed by atoms with Crippen molar-refractivity contribution >= 4 is 10.1 Å². The summed E-state index contributed by atoms with van der Waals surface area (Å²) in [5, 5.41) is 17.7.